The summed E-state index contributed by atoms with van der Waals surface area (Å²) in [7, 11) is 0. The van der Waals surface area contributed by atoms with Crippen LogP contribution in [0.25, 0.3) is 22.4 Å². The predicted molar refractivity (Wildman–Crippen MR) is 136 cm³/mol. The Labute approximate surface area is 200 Å². The Hall–Kier alpha value is -3.91. The molecule has 0 saturated heterocycles. The van der Waals surface area contributed by atoms with Crippen molar-refractivity contribution < 1.29 is 4.79 Å². The first kappa shape index (κ1) is 21.9. The van der Waals surface area contributed by atoms with E-state index in [1.54, 1.807) is 10.6 Å². The summed E-state index contributed by atoms with van der Waals surface area (Å²) in [6, 6.07) is 22.7. The first-order valence-corrected chi connectivity index (χ1v) is 11.8. The van der Waals surface area contributed by atoms with Gasteiger partial charge >= 0.3 is 0 Å². The number of para-hydroxylation sites is 3. The molecule has 170 valence electrons. The molecule has 8 heteroatoms. The van der Waals surface area contributed by atoms with Crippen molar-refractivity contribution in [2.24, 2.45) is 0 Å². The van der Waals surface area contributed by atoms with E-state index in [1.165, 1.54) is 11.8 Å². The number of carbonyl (C=O) groups excluding carboxylic acids is 1. The zero-order valence-electron chi connectivity index (χ0n) is 19.0. The maximum atomic E-state index is 13.5. The standard InChI is InChI=1S/C26H23N5O2S/c1-16-10-4-7-13-20(16)27-23(32)18(3)34-26-29-28-25-30(21-14-8-5-11-17(21)2)24(33)19-12-6-9-15-22(19)31(25)26/h4-15,18H,1-3H3,(H,27,32). The van der Waals surface area contributed by atoms with Crippen molar-refractivity contribution in [3.8, 4) is 5.69 Å². The highest BCUT2D eigenvalue weighted by atomic mass is 32.2. The molecule has 1 unspecified atom stereocenters. The molecule has 0 fully saturated rings. The van der Waals surface area contributed by atoms with E-state index in [2.05, 4.69) is 15.5 Å². The fourth-order valence-corrected chi connectivity index (χ4v) is 4.80. The molecule has 0 bridgehead atoms. The lowest BCUT2D eigenvalue weighted by atomic mass is 10.2. The van der Waals surface area contributed by atoms with Crippen LogP contribution in [0.1, 0.15) is 18.1 Å². The second kappa shape index (κ2) is 8.79. The van der Waals surface area contributed by atoms with Gasteiger partial charge in [0.05, 0.1) is 21.8 Å². The van der Waals surface area contributed by atoms with Gasteiger partial charge in [0.1, 0.15) is 0 Å². The maximum absolute atomic E-state index is 13.5. The molecule has 1 atom stereocenters. The summed E-state index contributed by atoms with van der Waals surface area (Å²) in [4.78, 5) is 26.4. The quantitative estimate of drug-likeness (QED) is 0.375. The monoisotopic (exact) mass is 469 g/mol. The SMILES string of the molecule is Cc1ccccc1NC(=O)C(C)Sc1nnc2n(-c3ccccc3C)c(=O)c3ccccc3n12. The fourth-order valence-electron chi connectivity index (χ4n) is 3.95. The molecule has 34 heavy (non-hydrogen) atoms. The van der Waals surface area contributed by atoms with Crippen LogP contribution in [0.5, 0.6) is 0 Å². The van der Waals surface area contributed by atoms with Crippen LogP contribution in [0.2, 0.25) is 0 Å². The Morgan fingerprint density at radius 2 is 1.59 bits per heavy atom. The summed E-state index contributed by atoms with van der Waals surface area (Å²) in [6.07, 6.45) is 0. The lowest BCUT2D eigenvalue weighted by Gasteiger charge is -2.15. The molecule has 5 rings (SSSR count). The summed E-state index contributed by atoms with van der Waals surface area (Å²) in [6.45, 7) is 5.74. The number of thioether (sulfide) groups is 1. The summed E-state index contributed by atoms with van der Waals surface area (Å²) >= 11 is 1.30. The van der Waals surface area contributed by atoms with Gasteiger partial charge in [0.2, 0.25) is 11.7 Å². The zero-order chi connectivity index (χ0) is 23.8. The minimum absolute atomic E-state index is 0.132. The molecule has 1 N–H and O–H groups in total. The third-order valence-corrected chi connectivity index (χ3v) is 6.85. The van der Waals surface area contributed by atoms with Gasteiger partial charge in [-0.3, -0.25) is 14.0 Å². The molecule has 5 aromatic rings. The number of aromatic nitrogens is 4. The minimum Gasteiger partial charge on any atom is -0.325 e. The number of carbonyl (C=O) groups is 1. The van der Waals surface area contributed by atoms with Gasteiger partial charge < -0.3 is 5.32 Å². The number of hydrogen-bond acceptors (Lipinski definition) is 5. The highest BCUT2D eigenvalue weighted by molar-refractivity contribution is 8.00. The van der Waals surface area contributed by atoms with E-state index in [1.807, 2.05) is 91.9 Å². The smallest absolute Gasteiger partial charge is 0.267 e. The molecule has 0 saturated carbocycles. The van der Waals surface area contributed by atoms with Gasteiger partial charge in [-0.2, -0.15) is 0 Å². The van der Waals surface area contributed by atoms with Crippen LogP contribution in [-0.2, 0) is 4.79 Å². The molecule has 0 spiro atoms. The topological polar surface area (TPSA) is 81.3 Å². The van der Waals surface area contributed by atoms with Crippen molar-refractivity contribution in [1.29, 1.82) is 0 Å². The third-order valence-electron chi connectivity index (χ3n) is 5.81. The molecule has 0 radical (unpaired) electrons. The van der Waals surface area contributed by atoms with Gasteiger partial charge in [0, 0.05) is 5.69 Å². The fraction of sp³-hybridized carbons (Fsp3) is 0.154. The van der Waals surface area contributed by atoms with E-state index in [-0.39, 0.29) is 11.5 Å². The van der Waals surface area contributed by atoms with Crippen molar-refractivity contribution in [2.45, 2.75) is 31.2 Å². The Morgan fingerprint density at radius 1 is 0.912 bits per heavy atom. The van der Waals surface area contributed by atoms with Crippen molar-refractivity contribution in [2.75, 3.05) is 5.32 Å². The van der Waals surface area contributed by atoms with E-state index in [9.17, 15) is 9.59 Å². The van der Waals surface area contributed by atoms with Gasteiger partial charge in [0.25, 0.3) is 5.56 Å². The molecule has 2 aromatic heterocycles. The summed E-state index contributed by atoms with van der Waals surface area (Å²) in [5.41, 5.74) is 4.01. The lowest BCUT2D eigenvalue weighted by molar-refractivity contribution is -0.115. The second-order valence-electron chi connectivity index (χ2n) is 8.13. The number of nitrogens with zero attached hydrogens (tertiary/aromatic N) is 4. The summed E-state index contributed by atoms with van der Waals surface area (Å²) in [5.74, 6) is 0.277. The van der Waals surface area contributed by atoms with Crippen molar-refractivity contribution >= 4 is 40.0 Å². The van der Waals surface area contributed by atoms with Crippen LogP contribution in [0.15, 0.2) is 82.7 Å². The summed E-state index contributed by atoms with van der Waals surface area (Å²) < 4.78 is 3.44. The summed E-state index contributed by atoms with van der Waals surface area (Å²) in [5, 5.41) is 12.4. The van der Waals surface area contributed by atoms with Gasteiger partial charge in [-0.05, 0) is 56.2 Å². The largest absolute Gasteiger partial charge is 0.325 e. The molecule has 1 amide bonds. The van der Waals surface area contributed by atoms with Gasteiger partial charge in [0.15, 0.2) is 5.16 Å². The van der Waals surface area contributed by atoms with Gasteiger partial charge in [-0.1, -0.05) is 60.3 Å². The van der Waals surface area contributed by atoms with Crippen LogP contribution in [0, 0.1) is 13.8 Å². The normalized spacial score (nSPS) is 12.2. The van der Waals surface area contributed by atoms with E-state index >= 15 is 0 Å². The molecule has 3 aromatic carbocycles. The molecule has 0 aliphatic rings. The van der Waals surface area contributed by atoms with E-state index < -0.39 is 5.25 Å². The van der Waals surface area contributed by atoms with E-state index in [0.29, 0.717) is 21.8 Å². The first-order chi connectivity index (χ1) is 16.5. The van der Waals surface area contributed by atoms with Crippen LogP contribution in [0.4, 0.5) is 5.69 Å². The van der Waals surface area contributed by atoms with Crippen molar-refractivity contribution in [3.63, 3.8) is 0 Å². The van der Waals surface area contributed by atoms with Crippen LogP contribution >= 0.6 is 11.8 Å². The number of anilines is 1. The molecular formula is C26H23N5O2S. The van der Waals surface area contributed by atoms with Crippen LogP contribution < -0.4 is 10.9 Å². The number of aryl methyl sites for hydroxylation is 2. The zero-order valence-corrected chi connectivity index (χ0v) is 19.8. The second-order valence-corrected chi connectivity index (χ2v) is 9.43. The average Bonchev–Trinajstić information content (AvgIpc) is 3.25. The maximum Gasteiger partial charge on any atom is 0.267 e. The van der Waals surface area contributed by atoms with Crippen molar-refractivity contribution in [3.05, 3.63) is 94.3 Å². The highest BCUT2D eigenvalue weighted by Gasteiger charge is 2.22. The number of amides is 1. The predicted octanol–water partition coefficient (Wildman–Crippen LogP) is 4.77. The van der Waals surface area contributed by atoms with Crippen LogP contribution in [-0.4, -0.2) is 30.3 Å². The van der Waals surface area contributed by atoms with Gasteiger partial charge in [-0.15, -0.1) is 10.2 Å². The molecule has 0 aliphatic heterocycles. The van der Waals surface area contributed by atoms with E-state index in [0.717, 1.165) is 22.5 Å². The number of fused-ring (bicyclic) bond motifs is 3. The molecule has 7 nitrogen and oxygen atoms in total. The van der Waals surface area contributed by atoms with E-state index in [4.69, 9.17) is 0 Å². The van der Waals surface area contributed by atoms with Crippen molar-refractivity contribution in [1.82, 2.24) is 19.2 Å². The Kier molecular flexibility index (Phi) is 5.67. The minimum atomic E-state index is -0.440. The van der Waals surface area contributed by atoms with Crippen LogP contribution in [0.3, 0.4) is 0 Å². The highest BCUT2D eigenvalue weighted by Crippen LogP contribution is 2.27. The number of hydrogen-bond donors (Lipinski definition) is 1. The third kappa shape index (κ3) is 3.76. The molecule has 2 heterocycles. The average molecular weight is 470 g/mol. The first-order valence-electron chi connectivity index (χ1n) is 10.9. The van der Waals surface area contributed by atoms with Gasteiger partial charge in [-0.25, -0.2) is 4.57 Å². The molecular weight excluding hydrogens is 446 g/mol. The molecule has 0 aliphatic carbocycles. The number of nitrogens with one attached hydrogen (secondary N) is 1. The Morgan fingerprint density at radius 3 is 2.35 bits per heavy atom. The lowest BCUT2D eigenvalue weighted by Crippen LogP contribution is -2.24. The number of rotatable bonds is 5. The Balaban J connectivity index is 1.61. The number of benzene rings is 3. The Bertz CT molecular complexity index is 1600.